The zero-order valence-corrected chi connectivity index (χ0v) is 12.2. The van der Waals surface area contributed by atoms with Gasteiger partial charge in [0.05, 0.1) is 0 Å². The second-order valence-corrected chi connectivity index (χ2v) is 6.82. The summed E-state index contributed by atoms with van der Waals surface area (Å²) in [5.74, 6) is -0.148. The Hall–Kier alpha value is -0.0900. The average Bonchev–Trinajstić information content (AvgIpc) is 2.28. The van der Waals surface area contributed by atoms with Crippen molar-refractivity contribution in [2.45, 2.75) is 27.4 Å². The summed E-state index contributed by atoms with van der Waals surface area (Å²) in [7, 11) is 0. The van der Waals surface area contributed by atoms with Crippen molar-refractivity contribution in [1.29, 1.82) is 0 Å². The molecule has 0 fully saturated rings. The Morgan fingerprint density at radius 3 is 2.41 bits per heavy atom. The van der Waals surface area contributed by atoms with Gasteiger partial charge in [-0.3, -0.25) is 4.79 Å². The molecule has 0 aliphatic rings. The maximum atomic E-state index is 11.4. The molecular formula is C11H12Cl3NOS. The molecule has 0 aliphatic carbocycles. The number of nitrogens with one attached hydrogen (secondary N) is 1. The lowest BCUT2D eigenvalue weighted by Crippen LogP contribution is -2.40. The maximum Gasteiger partial charge on any atom is 0.220 e. The Bertz CT molecular complexity index is 367. The monoisotopic (exact) mass is 311 g/mol. The van der Waals surface area contributed by atoms with Crippen molar-refractivity contribution < 1.29 is 4.79 Å². The Kier molecular flexibility index (Phi) is 5.93. The first kappa shape index (κ1) is 15.0. The van der Waals surface area contributed by atoms with E-state index in [1.165, 1.54) is 11.8 Å². The topological polar surface area (TPSA) is 29.1 Å². The molecule has 0 spiro atoms. The highest BCUT2D eigenvalue weighted by Gasteiger charge is 2.34. The molecule has 1 atom stereocenters. The van der Waals surface area contributed by atoms with Crippen LogP contribution in [0.4, 0.5) is 0 Å². The van der Waals surface area contributed by atoms with Gasteiger partial charge < -0.3 is 5.32 Å². The lowest BCUT2D eigenvalue weighted by molar-refractivity contribution is -0.120. The summed E-state index contributed by atoms with van der Waals surface area (Å²) >= 11 is 18.8. The van der Waals surface area contributed by atoms with Gasteiger partial charge >= 0.3 is 0 Å². The molecule has 1 aromatic carbocycles. The predicted octanol–water partition coefficient (Wildman–Crippen LogP) is 4.00. The molecular weight excluding hydrogens is 301 g/mol. The van der Waals surface area contributed by atoms with E-state index in [9.17, 15) is 4.79 Å². The van der Waals surface area contributed by atoms with Crippen molar-refractivity contribution in [3.63, 3.8) is 0 Å². The van der Waals surface area contributed by atoms with Crippen LogP contribution in [0.1, 0.15) is 13.3 Å². The zero-order valence-electron chi connectivity index (χ0n) is 9.12. The largest absolute Gasteiger partial charge is 0.340 e. The van der Waals surface area contributed by atoms with Crippen molar-refractivity contribution in [3.05, 3.63) is 30.3 Å². The first-order valence-electron chi connectivity index (χ1n) is 5.01. The van der Waals surface area contributed by atoms with E-state index < -0.39 is 9.17 Å². The first-order valence-corrected chi connectivity index (χ1v) is 7.02. The molecule has 0 aromatic heterocycles. The van der Waals surface area contributed by atoms with Crippen LogP contribution in [0.25, 0.3) is 0 Å². The van der Waals surface area contributed by atoms with E-state index in [2.05, 4.69) is 5.32 Å². The second-order valence-electron chi connectivity index (χ2n) is 3.27. The van der Waals surface area contributed by atoms with Crippen molar-refractivity contribution in [2.75, 3.05) is 0 Å². The van der Waals surface area contributed by atoms with Gasteiger partial charge in [-0.15, -0.1) is 0 Å². The van der Waals surface area contributed by atoms with Crippen LogP contribution in [0, 0.1) is 0 Å². The quantitative estimate of drug-likeness (QED) is 0.517. The minimum absolute atomic E-state index is 0.148. The number of halogens is 3. The van der Waals surface area contributed by atoms with Crippen LogP contribution in [0.15, 0.2) is 35.2 Å². The molecule has 0 heterocycles. The number of hydrogen-bond acceptors (Lipinski definition) is 2. The van der Waals surface area contributed by atoms with Gasteiger partial charge in [-0.25, -0.2) is 0 Å². The summed E-state index contributed by atoms with van der Waals surface area (Å²) < 4.78 is -1.55. The lowest BCUT2D eigenvalue weighted by Gasteiger charge is -2.24. The van der Waals surface area contributed by atoms with Gasteiger partial charge in [0, 0.05) is 11.3 Å². The lowest BCUT2D eigenvalue weighted by atomic mass is 10.4. The molecule has 0 saturated heterocycles. The standard InChI is InChI=1S/C11H12Cl3NOS/c1-2-9(16)15-10(11(12,13)14)17-8-6-4-3-5-7-8/h3-7,10H,2H2,1H3,(H,15,16)/t10-/m0/s1. The number of carbonyl (C=O) groups is 1. The zero-order chi connectivity index (χ0) is 12.9. The highest BCUT2D eigenvalue weighted by atomic mass is 35.6. The first-order chi connectivity index (χ1) is 7.93. The number of carbonyl (C=O) groups excluding carboxylic acids is 1. The number of rotatable bonds is 4. The van der Waals surface area contributed by atoms with E-state index in [0.29, 0.717) is 6.42 Å². The Balaban J connectivity index is 2.75. The summed E-state index contributed by atoms with van der Waals surface area (Å²) in [6.07, 6.45) is 0.354. The summed E-state index contributed by atoms with van der Waals surface area (Å²) in [5.41, 5.74) is 0. The van der Waals surface area contributed by atoms with Gasteiger partial charge in [-0.2, -0.15) is 0 Å². The summed E-state index contributed by atoms with van der Waals surface area (Å²) in [6.45, 7) is 1.75. The molecule has 94 valence electrons. The smallest absolute Gasteiger partial charge is 0.220 e. The van der Waals surface area contributed by atoms with E-state index in [1.54, 1.807) is 6.92 Å². The molecule has 2 nitrogen and oxygen atoms in total. The van der Waals surface area contributed by atoms with Crippen molar-refractivity contribution in [1.82, 2.24) is 5.32 Å². The third-order valence-corrected chi connectivity index (χ3v) is 4.20. The van der Waals surface area contributed by atoms with Crippen molar-refractivity contribution in [2.24, 2.45) is 0 Å². The van der Waals surface area contributed by atoms with E-state index in [4.69, 9.17) is 34.8 Å². The van der Waals surface area contributed by atoms with Crippen LogP contribution in [-0.4, -0.2) is 15.1 Å². The fraction of sp³-hybridized carbons (Fsp3) is 0.364. The molecule has 1 aromatic rings. The van der Waals surface area contributed by atoms with Gasteiger partial charge in [0.15, 0.2) is 0 Å². The molecule has 0 aliphatic heterocycles. The molecule has 1 rings (SSSR count). The molecule has 0 unspecified atom stereocenters. The van der Waals surface area contributed by atoms with E-state index in [1.807, 2.05) is 30.3 Å². The second kappa shape index (κ2) is 6.74. The normalized spacial score (nSPS) is 13.2. The van der Waals surface area contributed by atoms with Gasteiger partial charge in [0.1, 0.15) is 5.37 Å². The molecule has 0 saturated carbocycles. The van der Waals surface area contributed by atoms with Crippen LogP contribution >= 0.6 is 46.6 Å². The van der Waals surface area contributed by atoms with Gasteiger partial charge in [-0.1, -0.05) is 71.7 Å². The van der Waals surface area contributed by atoms with E-state index in [-0.39, 0.29) is 5.91 Å². The molecule has 17 heavy (non-hydrogen) atoms. The number of hydrogen-bond donors (Lipinski definition) is 1. The minimum atomic E-state index is -1.55. The van der Waals surface area contributed by atoms with Crippen LogP contribution < -0.4 is 5.32 Å². The predicted molar refractivity (Wildman–Crippen MR) is 74.8 cm³/mol. The van der Waals surface area contributed by atoms with Crippen molar-refractivity contribution >= 4 is 52.5 Å². The van der Waals surface area contributed by atoms with E-state index in [0.717, 1.165) is 4.90 Å². The number of amides is 1. The molecule has 6 heteroatoms. The molecule has 0 bridgehead atoms. The summed E-state index contributed by atoms with van der Waals surface area (Å²) in [5, 5.41) is 2.07. The highest BCUT2D eigenvalue weighted by molar-refractivity contribution is 8.00. The Morgan fingerprint density at radius 2 is 1.94 bits per heavy atom. The highest BCUT2D eigenvalue weighted by Crippen LogP contribution is 2.39. The van der Waals surface area contributed by atoms with E-state index >= 15 is 0 Å². The third-order valence-electron chi connectivity index (χ3n) is 1.91. The Labute approximate surface area is 120 Å². The molecule has 1 N–H and O–H groups in total. The van der Waals surface area contributed by atoms with Crippen molar-refractivity contribution in [3.8, 4) is 0 Å². The molecule has 1 amide bonds. The van der Waals surface area contributed by atoms with Gasteiger partial charge in [-0.05, 0) is 12.1 Å². The third kappa shape index (κ3) is 5.38. The maximum absolute atomic E-state index is 11.4. The van der Waals surface area contributed by atoms with Crippen LogP contribution in [0.2, 0.25) is 0 Å². The number of thioether (sulfide) groups is 1. The number of benzene rings is 1. The summed E-state index contributed by atoms with van der Waals surface area (Å²) in [6, 6.07) is 9.47. The van der Waals surface area contributed by atoms with Crippen LogP contribution in [0.3, 0.4) is 0 Å². The Morgan fingerprint density at radius 1 is 1.35 bits per heavy atom. The van der Waals surface area contributed by atoms with Gasteiger partial charge in [0.25, 0.3) is 0 Å². The van der Waals surface area contributed by atoms with Gasteiger partial charge in [0.2, 0.25) is 9.70 Å². The fourth-order valence-electron chi connectivity index (χ4n) is 1.06. The SMILES string of the molecule is CCC(=O)N[C@@H](Sc1ccccc1)C(Cl)(Cl)Cl. The number of alkyl halides is 3. The fourth-order valence-corrected chi connectivity index (χ4v) is 2.54. The average molecular weight is 313 g/mol. The minimum Gasteiger partial charge on any atom is -0.340 e. The summed E-state index contributed by atoms with van der Waals surface area (Å²) in [4.78, 5) is 12.3. The van der Waals surface area contributed by atoms with Crippen LogP contribution in [0.5, 0.6) is 0 Å². The molecule has 0 radical (unpaired) electrons. The van der Waals surface area contributed by atoms with Crippen LogP contribution in [-0.2, 0) is 4.79 Å².